The Balaban J connectivity index is 1.38. The molecule has 34 heavy (non-hydrogen) atoms. The van der Waals surface area contributed by atoms with Crippen LogP contribution in [0.4, 0.5) is 0 Å². The molecule has 0 saturated carbocycles. The molecule has 0 atom stereocenters. The molecule has 5 rings (SSSR count). The van der Waals surface area contributed by atoms with E-state index in [0.717, 1.165) is 42.6 Å². The molecule has 176 valence electrons. The van der Waals surface area contributed by atoms with Gasteiger partial charge in [0.05, 0.1) is 19.6 Å². The van der Waals surface area contributed by atoms with Crippen LogP contribution in [-0.4, -0.2) is 35.7 Å². The molecule has 7 nitrogen and oxygen atoms in total. The lowest BCUT2D eigenvalue weighted by Gasteiger charge is -2.24. The van der Waals surface area contributed by atoms with Gasteiger partial charge in [0.15, 0.2) is 23.0 Å². The number of carbonyl (C=O) groups excluding carboxylic acids is 1. The number of rotatable bonds is 2. The van der Waals surface area contributed by atoms with E-state index in [4.69, 9.17) is 18.9 Å². The van der Waals surface area contributed by atoms with Crippen molar-refractivity contribution in [1.82, 2.24) is 9.88 Å². The van der Waals surface area contributed by atoms with E-state index in [1.165, 1.54) is 0 Å². The van der Waals surface area contributed by atoms with Crippen LogP contribution >= 0.6 is 0 Å². The molecular formula is C27H28N2O5. The van der Waals surface area contributed by atoms with Crippen molar-refractivity contribution in [2.24, 2.45) is 0 Å². The maximum atomic E-state index is 13.4. The molecule has 2 aliphatic rings. The second kappa shape index (κ2) is 10.5. The van der Waals surface area contributed by atoms with Gasteiger partial charge in [-0.15, -0.1) is 0 Å². The highest BCUT2D eigenvalue weighted by Crippen LogP contribution is 2.34. The van der Waals surface area contributed by atoms with Crippen molar-refractivity contribution in [3.63, 3.8) is 0 Å². The lowest BCUT2D eigenvalue weighted by molar-refractivity contribution is -0.131. The molecule has 0 unspecified atom stereocenters. The molecule has 3 aromatic rings. The van der Waals surface area contributed by atoms with Crippen molar-refractivity contribution in [3.8, 4) is 28.9 Å². The molecule has 2 aliphatic heterocycles. The van der Waals surface area contributed by atoms with Crippen molar-refractivity contribution in [2.45, 2.75) is 38.6 Å². The van der Waals surface area contributed by atoms with Crippen LogP contribution in [0.25, 0.3) is 0 Å². The summed E-state index contributed by atoms with van der Waals surface area (Å²) in [7, 11) is 0. The summed E-state index contributed by atoms with van der Waals surface area (Å²) in [5.74, 6) is 3.27. The lowest BCUT2D eigenvalue weighted by atomic mass is 10.1. The van der Waals surface area contributed by atoms with Gasteiger partial charge in [-0.25, -0.2) is 4.98 Å². The number of hydrogen-bond acceptors (Lipinski definition) is 6. The molecular weight excluding hydrogens is 432 g/mol. The average molecular weight is 461 g/mol. The highest BCUT2D eigenvalue weighted by atomic mass is 16.7. The van der Waals surface area contributed by atoms with Crippen molar-refractivity contribution < 1.29 is 23.7 Å². The second-order valence-corrected chi connectivity index (χ2v) is 8.46. The van der Waals surface area contributed by atoms with Crippen molar-refractivity contribution >= 4 is 5.91 Å². The summed E-state index contributed by atoms with van der Waals surface area (Å²) in [6, 6.07) is 17.1. The topological polar surface area (TPSA) is 70.1 Å². The van der Waals surface area contributed by atoms with Crippen LogP contribution in [0.3, 0.4) is 0 Å². The third-order valence-electron chi connectivity index (χ3n) is 5.99. The maximum absolute atomic E-state index is 13.4. The van der Waals surface area contributed by atoms with Crippen molar-refractivity contribution in [1.29, 1.82) is 0 Å². The van der Waals surface area contributed by atoms with Crippen LogP contribution < -0.4 is 18.9 Å². The number of hydrogen-bond donors (Lipinski definition) is 0. The van der Waals surface area contributed by atoms with Gasteiger partial charge >= 0.3 is 0 Å². The fraction of sp³-hybridized carbons (Fsp3) is 0.333. The highest BCUT2D eigenvalue weighted by Gasteiger charge is 2.20. The molecule has 0 fully saturated rings. The van der Waals surface area contributed by atoms with Crippen LogP contribution in [0.2, 0.25) is 0 Å². The first-order chi connectivity index (χ1) is 16.8. The summed E-state index contributed by atoms with van der Waals surface area (Å²) in [5.41, 5.74) is 1.76. The standard InChI is InChI=1S/C27H28N2O5/c30-26(17-20-11-12-23-25(16-20)33-19-32-23)29-14-5-1-2-6-15-31-22-9-3-4-10-24(22)34-27-21(18-29)8-7-13-28-27/h3-4,7-13,16H,1-2,5-6,14-15,17-19H2. The fourth-order valence-electron chi connectivity index (χ4n) is 4.17. The number of amides is 1. The Morgan fingerprint density at radius 3 is 2.62 bits per heavy atom. The minimum absolute atomic E-state index is 0.0597. The molecule has 1 aromatic heterocycles. The number of benzene rings is 2. The van der Waals surface area contributed by atoms with Gasteiger partial charge in [0.2, 0.25) is 18.6 Å². The first kappa shape index (κ1) is 22.1. The quantitative estimate of drug-likeness (QED) is 0.528. The van der Waals surface area contributed by atoms with Gasteiger partial charge in [-0.3, -0.25) is 4.79 Å². The molecule has 0 N–H and O–H groups in total. The molecule has 0 spiro atoms. The van der Waals surface area contributed by atoms with E-state index in [0.29, 0.717) is 49.2 Å². The summed E-state index contributed by atoms with van der Waals surface area (Å²) >= 11 is 0. The van der Waals surface area contributed by atoms with Crippen molar-refractivity contribution in [2.75, 3.05) is 19.9 Å². The molecule has 3 heterocycles. The Kier molecular flexibility index (Phi) is 6.79. The van der Waals surface area contributed by atoms with E-state index in [1.807, 2.05) is 59.5 Å². The van der Waals surface area contributed by atoms with Gasteiger partial charge in [-0.2, -0.15) is 0 Å². The zero-order valence-corrected chi connectivity index (χ0v) is 19.1. The van der Waals surface area contributed by atoms with Crippen LogP contribution in [0.1, 0.15) is 36.8 Å². The van der Waals surface area contributed by atoms with E-state index >= 15 is 0 Å². The van der Waals surface area contributed by atoms with E-state index < -0.39 is 0 Å². The molecule has 0 radical (unpaired) electrons. The SMILES string of the molecule is O=C(Cc1ccc2c(c1)OCO2)N1CCCCCCOc2ccccc2Oc2ncccc2C1. The van der Waals surface area contributed by atoms with Gasteiger partial charge in [-0.05, 0) is 48.7 Å². The molecule has 0 saturated heterocycles. The summed E-state index contributed by atoms with van der Waals surface area (Å²) < 4.78 is 23.0. The normalized spacial score (nSPS) is 15.8. The summed E-state index contributed by atoms with van der Waals surface area (Å²) in [6.45, 7) is 1.95. The molecule has 1 amide bonds. The van der Waals surface area contributed by atoms with Crippen LogP contribution in [0.5, 0.6) is 28.9 Å². The zero-order valence-electron chi connectivity index (χ0n) is 19.1. The molecule has 0 bridgehead atoms. The van der Waals surface area contributed by atoms with Gasteiger partial charge < -0.3 is 23.8 Å². The number of carbonyl (C=O) groups is 1. The minimum atomic E-state index is 0.0597. The van der Waals surface area contributed by atoms with Crippen LogP contribution in [-0.2, 0) is 17.8 Å². The van der Waals surface area contributed by atoms with Crippen molar-refractivity contribution in [3.05, 3.63) is 71.9 Å². The van der Waals surface area contributed by atoms with E-state index in [2.05, 4.69) is 4.98 Å². The second-order valence-electron chi connectivity index (χ2n) is 8.46. The smallest absolute Gasteiger partial charge is 0.231 e. The Labute approximate surface area is 199 Å². The Bertz CT molecular complexity index is 1150. The van der Waals surface area contributed by atoms with E-state index in [-0.39, 0.29) is 12.7 Å². The predicted molar refractivity (Wildman–Crippen MR) is 126 cm³/mol. The largest absolute Gasteiger partial charge is 0.490 e. The maximum Gasteiger partial charge on any atom is 0.231 e. The number of fused-ring (bicyclic) bond motifs is 3. The third kappa shape index (κ3) is 5.25. The number of ether oxygens (including phenoxy) is 4. The predicted octanol–water partition coefficient (Wildman–Crippen LogP) is 5.13. The Morgan fingerprint density at radius 2 is 1.68 bits per heavy atom. The molecule has 7 heteroatoms. The average Bonchev–Trinajstić information content (AvgIpc) is 3.32. The van der Waals surface area contributed by atoms with Gasteiger partial charge in [-0.1, -0.05) is 37.1 Å². The zero-order chi connectivity index (χ0) is 23.2. The highest BCUT2D eigenvalue weighted by molar-refractivity contribution is 5.79. The molecule has 2 aromatic carbocycles. The number of aromatic nitrogens is 1. The van der Waals surface area contributed by atoms with E-state index in [1.54, 1.807) is 6.20 Å². The Hall–Kier alpha value is -3.74. The minimum Gasteiger partial charge on any atom is -0.490 e. The number of para-hydroxylation sites is 2. The summed E-state index contributed by atoms with van der Waals surface area (Å²) in [5, 5.41) is 0. The third-order valence-corrected chi connectivity index (χ3v) is 5.99. The number of pyridine rings is 1. The lowest BCUT2D eigenvalue weighted by Crippen LogP contribution is -2.33. The Morgan fingerprint density at radius 1 is 0.853 bits per heavy atom. The van der Waals surface area contributed by atoms with Crippen LogP contribution in [0, 0.1) is 0 Å². The first-order valence-electron chi connectivity index (χ1n) is 11.8. The van der Waals surface area contributed by atoms with Crippen LogP contribution in [0.15, 0.2) is 60.8 Å². The number of nitrogens with zero attached hydrogens (tertiary/aromatic N) is 2. The first-order valence-corrected chi connectivity index (χ1v) is 11.8. The van der Waals surface area contributed by atoms with Gasteiger partial charge in [0.1, 0.15) is 0 Å². The monoisotopic (exact) mass is 460 g/mol. The van der Waals surface area contributed by atoms with Gasteiger partial charge in [0, 0.05) is 18.3 Å². The summed E-state index contributed by atoms with van der Waals surface area (Å²) in [4.78, 5) is 19.8. The van der Waals surface area contributed by atoms with E-state index in [9.17, 15) is 4.79 Å². The molecule has 0 aliphatic carbocycles. The fourth-order valence-corrected chi connectivity index (χ4v) is 4.17. The van der Waals surface area contributed by atoms with Gasteiger partial charge in [0.25, 0.3) is 0 Å². The summed E-state index contributed by atoms with van der Waals surface area (Å²) in [6.07, 6.45) is 5.96.